The number of hydrogen-bond acceptors (Lipinski definition) is 3. The fraction of sp³-hybridized carbons (Fsp3) is 0.417. The van der Waals surface area contributed by atoms with Crippen molar-refractivity contribution in [1.29, 1.82) is 0 Å². The zero-order valence-corrected chi connectivity index (χ0v) is 9.16. The summed E-state index contributed by atoms with van der Waals surface area (Å²) in [5.74, 6) is 0. The molecule has 4 nitrogen and oxygen atoms in total. The van der Waals surface area contributed by atoms with Crippen LogP contribution in [0.3, 0.4) is 0 Å². The highest BCUT2D eigenvalue weighted by molar-refractivity contribution is 5.87. The Hall–Kier alpha value is -1.55. The van der Waals surface area contributed by atoms with Gasteiger partial charge in [0.2, 0.25) is 0 Å². The maximum atomic E-state index is 4.31. The molecule has 0 aromatic carbocycles. The highest BCUT2D eigenvalue weighted by atomic mass is 15.0. The van der Waals surface area contributed by atoms with Crippen LogP contribution < -0.4 is 10.6 Å². The number of fused-ring (bicyclic) bond motifs is 1. The van der Waals surface area contributed by atoms with Gasteiger partial charge in [0.05, 0.1) is 16.7 Å². The van der Waals surface area contributed by atoms with Crippen LogP contribution in [-0.4, -0.2) is 29.1 Å². The van der Waals surface area contributed by atoms with E-state index in [1.807, 2.05) is 24.5 Å². The number of nitrogens with one attached hydrogen (secondary N) is 3. The zero-order valence-electron chi connectivity index (χ0n) is 9.16. The summed E-state index contributed by atoms with van der Waals surface area (Å²) in [7, 11) is 0. The van der Waals surface area contributed by atoms with Gasteiger partial charge < -0.3 is 15.6 Å². The topological polar surface area (TPSA) is 52.7 Å². The zero-order chi connectivity index (χ0) is 10.8. The Labute approximate surface area is 94.5 Å². The van der Waals surface area contributed by atoms with E-state index in [2.05, 4.69) is 20.6 Å². The van der Waals surface area contributed by atoms with Crippen LogP contribution in [0.4, 0.5) is 5.69 Å². The largest absolute Gasteiger partial charge is 0.379 e. The van der Waals surface area contributed by atoms with E-state index in [-0.39, 0.29) is 0 Å². The van der Waals surface area contributed by atoms with E-state index < -0.39 is 0 Å². The molecular weight excluding hydrogens is 200 g/mol. The van der Waals surface area contributed by atoms with Crippen molar-refractivity contribution < 1.29 is 0 Å². The van der Waals surface area contributed by atoms with Crippen molar-refractivity contribution in [1.82, 2.24) is 15.3 Å². The normalized spacial score (nSPS) is 21.1. The smallest absolute Gasteiger partial charge is 0.0900 e. The number of hydrogen-bond donors (Lipinski definition) is 3. The predicted molar refractivity (Wildman–Crippen MR) is 65.6 cm³/mol. The molecule has 16 heavy (non-hydrogen) atoms. The molecule has 0 saturated carbocycles. The number of H-pyrrole nitrogens is 1. The van der Waals surface area contributed by atoms with E-state index in [1.54, 1.807) is 0 Å². The van der Waals surface area contributed by atoms with Crippen molar-refractivity contribution in [2.75, 3.05) is 18.4 Å². The van der Waals surface area contributed by atoms with Gasteiger partial charge in [-0.15, -0.1) is 0 Å². The van der Waals surface area contributed by atoms with Gasteiger partial charge >= 0.3 is 0 Å². The average molecular weight is 216 g/mol. The van der Waals surface area contributed by atoms with E-state index >= 15 is 0 Å². The summed E-state index contributed by atoms with van der Waals surface area (Å²) in [5, 5.41) is 6.98. The summed E-state index contributed by atoms with van der Waals surface area (Å²) in [5.41, 5.74) is 3.28. The van der Waals surface area contributed by atoms with Crippen LogP contribution in [0.2, 0.25) is 0 Å². The lowest BCUT2D eigenvalue weighted by Gasteiger charge is -2.24. The van der Waals surface area contributed by atoms with Gasteiger partial charge in [-0.2, -0.15) is 0 Å². The summed E-state index contributed by atoms with van der Waals surface area (Å²) < 4.78 is 0. The molecule has 2 aromatic rings. The molecule has 84 valence electrons. The van der Waals surface area contributed by atoms with Gasteiger partial charge in [-0.1, -0.05) is 0 Å². The number of aromatic amines is 1. The van der Waals surface area contributed by atoms with Crippen molar-refractivity contribution in [2.45, 2.75) is 18.9 Å². The summed E-state index contributed by atoms with van der Waals surface area (Å²) in [6.45, 7) is 2.19. The molecule has 1 atom stereocenters. The molecule has 0 aliphatic carbocycles. The maximum Gasteiger partial charge on any atom is 0.0900 e. The monoisotopic (exact) mass is 216 g/mol. The summed E-state index contributed by atoms with van der Waals surface area (Å²) in [6.07, 6.45) is 6.27. The standard InChI is InChI=1S/C12H16N4/c1-2-9(8-13-5-1)16-11-4-6-14-10-3-7-15-12(10)11/h3-4,6-7,9,13,15H,1-2,5,8H2,(H,14,16). The molecule has 0 amide bonds. The first-order chi connectivity index (χ1) is 7.93. The first-order valence-corrected chi connectivity index (χ1v) is 5.83. The van der Waals surface area contributed by atoms with E-state index in [1.165, 1.54) is 12.8 Å². The van der Waals surface area contributed by atoms with Crippen LogP contribution in [0.15, 0.2) is 24.5 Å². The lowest BCUT2D eigenvalue weighted by Crippen LogP contribution is -2.38. The third-order valence-electron chi connectivity index (χ3n) is 3.11. The molecule has 2 aromatic heterocycles. The molecule has 1 unspecified atom stereocenters. The van der Waals surface area contributed by atoms with Gasteiger partial charge in [0, 0.05) is 25.0 Å². The average Bonchev–Trinajstić information content (AvgIpc) is 2.80. The van der Waals surface area contributed by atoms with Crippen LogP contribution >= 0.6 is 0 Å². The second kappa shape index (κ2) is 4.14. The van der Waals surface area contributed by atoms with E-state index in [0.717, 1.165) is 29.8 Å². The Bertz CT molecular complexity index is 471. The quantitative estimate of drug-likeness (QED) is 0.716. The van der Waals surface area contributed by atoms with Crippen LogP contribution in [0.5, 0.6) is 0 Å². The van der Waals surface area contributed by atoms with Crippen molar-refractivity contribution in [3.63, 3.8) is 0 Å². The van der Waals surface area contributed by atoms with Crippen molar-refractivity contribution >= 4 is 16.7 Å². The van der Waals surface area contributed by atoms with E-state index in [0.29, 0.717) is 6.04 Å². The van der Waals surface area contributed by atoms with Crippen LogP contribution in [-0.2, 0) is 0 Å². The molecule has 3 rings (SSSR count). The number of pyridine rings is 1. The number of anilines is 1. The Morgan fingerprint density at radius 1 is 1.38 bits per heavy atom. The van der Waals surface area contributed by atoms with Gasteiger partial charge in [-0.3, -0.25) is 4.98 Å². The first-order valence-electron chi connectivity index (χ1n) is 5.83. The Morgan fingerprint density at radius 2 is 2.38 bits per heavy atom. The second-order valence-electron chi connectivity index (χ2n) is 4.28. The molecule has 1 saturated heterocycles. The number of rotatable bonds is 2. The van der Waals surface area contributed by atoms with Crippen LogP contribution in [0, 0.1) is 0 Å². The molecule has 0 radical (unpaired) electrons. The molecule has 1 fully saturated rings. The Morgan fingerprint density at radius 3 is 3.25 bits per heavy atom. The fourth-order valence-electron chi connectivity index (χ4n) is 2.28. The molecule has 3 heterocycles. The highest BCUT2D eigenvalue weighted by Crippen LogP contribution is 2.21. The third-order valence-corrected chi connectivity index (χ3v) is 3.11. The summed E-state index contributed by atoms with van der Waals surface area (Å²) >= 11 is 0. The minimum atomic E-state index is 0.530. The molecule has 0 bridgehead atoms. The van der Waals surface area contributed by atoms with Gasteiger partial charge in [0.15, 0.2) is 0 Å². The van der Waals surface area contributed by atoms with Crippen molar-refractivity contribution in [3.8, 4) is 0 Å². The maximum absolute atomic E-state index is 4.31. The van der Waals surface area contributed by atoms with Gasteiger partial charge in [0.25, 0.3) is 0 Å². The van der Waals surface area contributed by atoms with Crippen LogP contribution in [0.25, 0.3) is 11.0 Å². The van der Waals surface area contributed by atoms with Gasteiger partial charge in [-0.25, -0.2) is 0 Å². The molecule has 1 aliphatic rings. The molecular formula is C12H16N4. The summed E-state index contributed by atoms with van der Waals surface area (Å²) in [4.78, 5) is 7.54. The predicted octanol–water partition coefficient (Wildman–Crippen LogP) is 1.73. The first kappa shape index (κ1) is 9.66. The minimum absolute atomic E-state index is 0.530. The second-order valence-corrected chi connectivity index (χ2v) is 4.28. The summed E-state index contributed by atoms with van der Waals surface area (Å²) in [6, 6.07) is 4.57. The van der Waals surface area contributed by atoms with Crippen molar-refractivity contribution in [3.05, 3.63) is 24.5 Å². The number of nitrogens with zero attached hydrogens (tertiary/aromatic N) is 1. The number of piperidine rings is 1. The Kier molecular flexibility index (Phi) is 2.50. The molecule has 4 heteroatoms. The van der Waals surface area contributed by atoms with Gasteiger partial charge in [-0.05, 0) is 31.5 Å². The lowest BCUT2D eigenvalue weighted by atomic mass is 10.1. The Balaban J connectivity index is 1.85. The van der Waals surface area contributed by atoms with E-state index in [4.69, 9.17) is 0 Å². The van der Waals surface area contributed by atoms with E-state index in [9.17, 15) is 0 Å². The van der Waals surface area contributed by atoms with Crippen LogP contribution in [0.1, 0.15) is 12.8 Å². The lowest BCUT2D eigenvalue weighted by molar-refractivity contribution is 0.480. The SMILES string of the molecule is c1cc(NC2CCCNC2)c2[nH]ccc2n1. The van der Waals surface area contributed by atoms with Crippen molar-refractivity contribution in [2.24, 2.45) is 0 Å². The molecule has 3 N–H and O–H groups in total. The number of aromatic nitrogens is 2. The fourth-order valence-corrected chi connectivity index (χ4v) is 2.28. The van der Waals surface area contributed by atoms with Gasteiger partial charge in [0.1, 0.15) is 0 Å². The molecule has 0 spiro atoms. The minimum Gasteiger partial charge on any atom is -0.379 e. The molecule has 1 aliphatic heterocycles. The third kappa shape index (κ3) is 1.76. The highest BCUT2D eigenvalue weighted by Gasteiger charge is 2.13.